The Morgan fingerprint density at radius 3 is 2.71 bits per heavy atom. The minimum Gasteiger partial charge on any atom is -0.378 e. The van der Waals surface area contributed by atoms with Crippen LogP contribution < -0.4 is 15.8 Å². The maximum atomic E-state index is 12.5. The van der Waals surface area contributed by atoms with Gasteiger partial charge < -0.3 is 19.9 Å². The lowest BCUT2D eigenvalue weighted by Crippen LogP contribution is -2.36. The largest absolute Gasteiger partial charge is 0.378 e. The fourth-order valence-electron chi connectivity index (χ4n) is 2.97. The van der Waals surface area contributed by atoms with Crippen LogP contribution in [0.4, 0.5) is 11.4 Å². The molecule has 1 unspecified atom stereocenters. The van der Waals surface area contributed by atoms with Crippen LogP contribution >= 0.6 is 11.8 Å². The second kappa shape index (κ2) is 9.75. The third kappa shape index (κ3) is 5.59. The van der Waals surface area contributed by atoms with Gasteiger partial charge >= 0.3 is 0 Å². The van der Waals surface area contributed by atoms with E-state index in [2.05, 4.69) is 20.2 Å². The molecule has 1 aliphatic rings. The average molecular weight is 403 g/mol. The summed E-state index contributed by atoms with van der Waals surface area (Å²) in [5.74, 6) is -0.132. The molecule has 3 rings (SSSR count). The molecule has 1 aromatic carbocycles. The molecule has 0 bridgehead atoms. The van der Waals surface area contributed by atoms with Crippen molar-refractivity contribution in [2.24, 2.45) is 0 Å². The standard InChI is InChI=1S/C20H26N4O3S/c1-3-4-16-13-18(25)23-20(22-16)28-14(2)19(26)21-15-5-7-17(8-6-15)24-9-11-27-12-10-24/h5-8,13-14H,3-4,9-12H2,1-2H3,(H,21,26)(H,22,23,25). The number of hydrogen-bond donors (Lipinski definition) is 2. The number of aryl methyl sites for hydroxylation is 1. The Hall–Kier alpha value is -2.32. The first-order valence-electron chi connectivity index (χ1n) is 9.55. The first-order chi connectivity index (χ1) is 13.5. The van der Waals surface area contributed by atoms with Gasteiger partial charge in [-0.2, -0.15) is 0 Å². The zero-order valence-electron chi connectivity index (χ0n) is 16.2. The summed E-state index contributed by atoms with van der Waals surface area (Å²) in [6.45, 7) is 7.07. The van der Waals surface area contributed by atoms with Gasteiger partial charge in [-0.05, 0) is 37.6 Å². The van der Waals surface area contributed by atoms with Crippen LogP contribution in [0.1, 0.15) is 26.0 Å². The van der Waals surface area contributed by atoms with Gasteiger partial charge in [-0.3, -0.25) is 9.59 Å². The molecule has 1 atom stereocenters. The van der Waals surface area contributed by atoms with Crippen LogP contribution in [0.3, 0.4) is 0 Å². The van der Waals surface area contributed by atoms with Crippen LogP contribution in [-0.4, -0.2) is 47.4 Å². The summed E-state index contributed by atoms with van der Waals surface area (Å²) in [4.78, 5) is 33.7. The number of thioether (sulfide) groups is 1. The van der Waals surface area contributed by atoms with E-state index in [0.717, 1.165) is 56.2 Å². The molecular weight excluding hydrogens is 376 g/mol. The molecule has 0 saturated carbocycles. The molecule has 1 aromatic heterocycles. The van der Waals surface area contributed by atoms with Gasteiger partial charge in [0.1, 0.15) is 0 Å². The predicted molar refractivity (Wildman–Crippen MR) is 112 cm³/mol. The molecule has 0 spiro atoms. The van der Waals surface area contributed by atoms with Crippen LogP contribution in [-0.2, 0) is 16.0 Å². The summed E-state index contributed by atoms with van der Waals surface area (Å²) in [7, 11) is 0. The lowest BCUT2D eigenvalue weighted by Gasteiger charge is -2.28. The van der Waals surface area contributed by atoms with Gasteiger partial charge in [0, 0.05) is 36.2 Å². The number of aromatic nitrogens is 2. The molecule has 28 heavy (non-hydrogen) atoms. The third-order valence-corrected chi connectivity index (χ3v) is 5.43. The van der Waals surface area contributed by atoms with E-state index in [1.54, 1.807) is 6.92 Å². The molecule has 7 nitrogen and oxygen atoms in total. The van der Waals surface area contributed by atoms with Crippen molar-refractivity contribution in [3.05, 3.63) is 46.4 Å². The van der Waals surface area contributed by atoms with Crippen LogP contribution in [0.5, 0.6) is 0 Å². The van der Waals surface area contributed by atoms with E-state index in [0.29, 0.717) is 5.16 Å². The number of ether oxygens (including phenoxy) is 1. The van der Waals surface area contributed by atoms with Crippen molar-refractivity contribution in [2.75, 3.05) is 36.5 Å². The fourth-order valence-corrected chi connectivity index (χ4v) is 3.80. The molecule has 0 aliphatic carbocycles. The van der Waals surface area contributed by atoms with Crippen LogP contribution in [0.25, 0.3) is 0 Å². The summed E-state index contributed by atoms with van der Waals surface area (Å²) in [6.07, 6.45) is 1.66. The van der Waals surface area contributed by atoms with Crippen molar-refractivity contribution in [3.8, 4) is 0 Å². The van der Waals surface area contributed by atoms with Gasteiger partial charge in [0.05, 0.1) is 18.5 Å². The molecule has 1 fully saturated rings. The second-order valence-corrected chi connectivity index (χ2v) is 8.02. The molecule has 1 aliphatic heterocycles. The summed E-state index contributed by atoms with van der Waals surface area (Å²) in [6, 6.07) is 9.33. The van der Waals surface area contributed by atoms with E-state index >= 15 is 0 Å². The van der Waals surface area contributed by atoms with E-state index in [1.165, 1.54) is 17.8 Å². The van der Waals surface area contributed by atoms with Gasteiger partial charge in [-0.25, -0.2) is 4.98 Å². The molecule has 2 N–H and O–H groups in total. The quantitative estimate of drug-likeness (QED) is 0.547. The number of amides is 1. The number of benzene rings is 1. The lowest BCUT2D eigenvalue weighted by molar-refractivity contribution is -0.115. The highest BCUT2D eigenvalue weighted by Crippen LogP contribution is 2.22. The molecule has 2 aromatic rings. The number of rotatable bonds is 7. The number of anilines is 2. The maximum Gasteiger partial charge on any atom is 0.251 e. The molecule has 1 amide bonds. The summed E-state index contributed by atoms with van der Waals surface area (Å²) >= 11 is 1.25. The fraction of sp³-hybridized carbons (Fsp3) is 0.450. The van der Waals surface area contributed by atoms with E-state index in [9.17, 15) is 9.59 Å². The number of H-pyrrole nitrogens is 1. The first kappa shape index (κ1) is 20.4. The Labute approximate surface area is 168 Å². The first-order valence-corrected chi connectivity index (χ1v) is 10.4. The zero-order valence-corrected chi connectivity index (χ0v) is 17.1. The number of carbonyl (C=O) groups excluding carboxylic acids is 1. The third-order valence-electron chi connectivity index (χ3n) is 4.45. The number of hydrogen-bond acceptors (Lipinski definition) is 6. The Balaban J connectivity index is 1.58. The van der Waals surface area contributed by atoms with Crippen molar-refractivity contribution < 1.29 is 9.53 Å². The minimum absolute atomic E-state index is 0.132. The second-order valence-electron chi connectivity index (χ2n) is 6.69. The molecule has 1 saturated heterocycles. The van der Waals surface area contributed by atoms with Crippen molar-refractivity contribution >= 4 is 29.0 Å². The molecule has 150 valence electrons. The summed E-state index contributed by atoms with van der Waals surface area (Å²) in [5.41, 5.74) is 2.43. The van der Waals surface area contributed by atoms with Crippen LogP contribution in [0, 0.1) is 0 Å². The highest BCUT2D eigenvalue weighted by molar-refractivity contribution is 8.00. The van der Waals surface area contributed by atoms with Crippen molar-refractivity contribution in [2.45, 2.75) is 37.1 Å². The number of morpholine rings is 1. The van der Waals surface area contributed by atoms with Crippen LogP contribution in [0.2, 0.25) is 0 Å². The molecular formula is C20H26N4O3S. The number of aromatic amines is 1. The Bertz CT molecular complexity index is 847. The minimum atomic E-state index is -0.390. The average Bonchev–Trinajstić information content (AvgIpc) is 2.69. The molecule has 8 heteroatoms. The monoisotopic (exact) mass is 402 g/mol. The smallest absolute Gasteiger partial charge is 0.251 e. The van der Waals surface area contributed by atoms with E-state index in [1.807, 2.05) is 31.2 Å². The van der Waals surface area contributed by atoms with Gasteiger partial charge in [-0.15, -0.1) is 0 Å². The van der Waals surface area contributed by atoms with Gasteiger partial charge in [0.15, 0.2) is 5.16 Å². The predicted octanol–water partition coefficient (Wildman–Crippen LogP) is 2.68. The summed E-state index contributed by atoms with van der Waals surface area (Å²) in [5, 5.41) is 3.01. The van der Waals surface area contributed by atoms with E-state index in [4.69, 9.17) is 4.74 Å². The van der Waals surface area contributed by atoms with Gasteiger partial charge in [0.25, 0.3) is 5.56 Å². The highest BCUT2D eigenvalue weighted by atomic mass is 32.2. The summed E-state index contributed by atoms with van der Waals surface area (Å²) < 4.78 is 5.37. The SMILES string of the molecule is CCCc1cc(=O)[nH]c(SC(C)C(=O)Nc2ccc(N3CCOCC3)cc2)n1. The zero-order chi connectivity index (χ0) is 19.9. The number of nitrogens with one attached hydrogen (secondary N) is 2. The topological polar surface area (TPSA) is 87.3 Å². The van der Waals surface area contributed by atoms with Crippen LogP contribution in [0.15, 0.2) is 40.3 Å². The molecule has 2 heterocycles. The van der Waals surface area contributed by atoms with Gasteiger partial charge in [0.2, 0.25) is 5.91 Å². The maximum absolute atomic E-state index is 12.5. The van der Waals surface area contributed by atoms with Crippen molar-refractivity contribution in [1.82, 2.24) is 9.97 Å². The molecule has 0 radical (unpaired) electrons. The van der Waals surface area contributed by atoms with E-state index in [-0.39, 0.29) is 16.7 Å². The number of carbonyl (C=O) groups is 1. The Morgan fingerprint density at radius 2 is 2.04 bits per heavy atom. The van der Waals surface area contributed by atoms with Crippen molar-refractivity contribution in [3.63, 3.8) is 0 Å². The highest BCUT2D eigenvalue weighted by Gasteiger charge is 2.17. The Kier molecular flexibility index (Phi) is 7.11. The van der Waals surface area contributed by atoms with E-state index < -0.39 is 0 Å². The number of nitrogens with zero attached hydrogens (tertiary/aromatic N) is 2. The normalized spacial score (nSPS) is 15.3. The van der Waals surface area contributed by atoms with Gasteiger partial charge in [-0.1, -0.05) is 25.1 Å². The van der Waals surface area contributed by atoms with Crippen molar-refractivity contribution in [1.29, 1.82) is 0 Å². The lowest BCUT2D eigenvalue weighted by atomic mass is 10.2. The Morgan fingerprint density at radius 1 is 1.32 bits per heavy atom.